The van der Waals surface area contributed by atoms with E-state index in [1.54, 1.807) is 12.4 Å². The zero-order valence-electron chi connectivity index (χ0n) is 10.7. The number of fused-ring (bicyclic) bond motifs is 1. The molecule has 0 saturated carbocycles. The lowest BCUT2D eigenvalue weighted by Crippen LogP contribution is -2.03. The number of rotatable bonds is 2. The van der Waals surface area contributed by atoms with Crippen molar-refractivity contribution in [2.45, 2.75) is 13.0 Å². The molecule has 1 N–H and O–H groups in total. The molecule has 19 heavy (non-hydrogen) atoms. The van der Waals surface area contributed by atoms with Crippen LogP contribution in [0.25, 0.3) is 10.8 Å². The molecule has 0 radical (unpaired) electrons. The average molecular weight is 249 g/mol. The number of pyridine rings is 1. The van der Waals surface area contributed by atoms with Gasteiger partial charge in [-0.1, -0.05) is 42.5 Å². The van der Waals surface area contributed by atoms with Crippen molar-refractivity contribution < 1.29 is 5.11 Å². The van der Waals surface area contributed by atoms with E-state index in [1.807, 2.05) is 43.3 Å². The van der Waals surface area contributed by atoms with E-state index < -0.39 is 6.10 Å². The van der Waals surface area contributed by atoms with Crippen LogP contribution in [-0.2, 0) is 0 Å². The Hall–Kier alpha value is -2.19. The monoisotopic (exact) mass is 249 g/mol. The third-order valence-electron chi connectivity index (χ3n) is 3.49. The number of aliphatic hydroxyl groups excluding tert-OH is 1. The molecule has 2 heteroatoms. The number of hydrogen-bond acceptors (Lipinski definition) is 2. The summed E-state index contributed by atoms with van der Waals surface area (Å²) in [6.45, 7) is 1.99. The summed E-state index contributed by atoms with van der Waals surface area (Å²) in [5.41, 5.74) is 2.84. The molecule has 0 amide bonds. The summed E-state index contributed by atoms with van der Waals surface area (Å²) >= 11 is 0. The van der Waals surface area contributed by atoms with Gasteiger partial charge in [0.05, 0.1) is 0 Å². The van der Waals surface area contributed by atoms with Crippen molar-refractivity contribution in [2.24, 2.45) is 0 Å². The van der Waals surface area contributed by atoms with E-state index in [9.17, 15) is 5.11 Å². The quantitative estimate of drug-likeness (QED) is 0.752. The van der Waals surface area contributed by atoms with E-state index in [-0.39, 0.29) is 0 Å². The van der Waals surface area contributed by atoms with Crippen molar-refractivity contribution in [3.05, 3.63) is 77.6 Å². The van der Waals surface area contributed by atoms with Crippen molar-refractivity contribution in [3.8, 4) is 0 Å². The van der Waals surface area contributed by atoms with Gasteiger partial charge in [-0.25, -0.2) is 0 Å². The second-order valence-electron chi connectivity index (χ2n) is 4.70. The standard InChI is InChI=1S/C17H15NO/c1-12-9-10-18-11-16(12)17(19)15-8-4-6-13-5-2-3-7-14(13)15/h2-11,17,19H,1H3. The maximum absolute atomic E-state index is 10.6. The molecule has 3 aromatic rings. The third kappa shape index (κ3) is 2.11. The van der Waals surface area contributed by atoms with Crippen molar-refractivity contribution in [1.82, 2.24) is 4.98 Å². The summed E-state index contributed by atoms with van der Waals surface area (Å²) in [6.07, 6.45) is 2.84. The summed E-state index contributed by atoms with van der Waals surface area (Å²) in [7, 11) is 0. The fourth-order valence-electron chi connectivity index (χ4n) is 2.42. The molecule has 0 aliphatic heterocycles. The van der Waals surface area contributed by atoms with Crippen LogP contribution in [0.2, 0.25) is 0 Å². The highest BCUT2D eigenvalue weighted by molar-refractivity contribution is 5.86. The van der Waals surface area contributed by atoms with Gasteiger partial charge in [0.1, 0.15) is 6.10 Å². The van der Waals surface area contributed by atoms with Gasteiger partial charge in [0.15, 0.2) is 0 Å². The fourth-order valence-corrected chi connectivity index (χ4v) is 2.42. The first-order valence-electron chi connectivity index (χ1n) is 6.33. The Labute approximate surface area is 112 Å². The van der Waals surface area contributed by atoms with Crippen LogP contribution in [-0.4, -0.2) is 10.1 Å². The van der Waals surface area contributed by atoms with Crippen molar-refractivity contribution in [2.75, 3.05) is 0 Å². The van der Waals surface area contributed by atoms with Crippen LogP contribution in [0.3, 0.4) is 0 Å². The molecule has 0 bridgehead atoms. The summed E-state index contributed by atoms with van der Waals surface area (Å²) in [6, 6.07) is 16.0. The first kappa shape index (κ1) is 11.9. The minimum absolute atomic E-state index is 0.639. The number of hydrogen-bond donors (Lipinski definition) is 1. The second-order valence-corrected chi connectivity index (χ2v) is 4.70. The minimum atomic E-state index is -0.639. The normalized spacial score (nSPS) is 12.5. The predicted octanol–water partition coefficient (Wildman–Crippen LogP) is 3.62. The van der Waals surface area contributed by atoms with E-state index >= 15 is 0 Å². The highest BCUT2D eigenvalue weighted by Gasteiger charge is 2.15. The lowest BCUT2D eigenvalue weighted by molar-refractivity contribution is 0.220. The number of aromatic nitrogens is 1. The Morgan fingerprint density at radius 1 is 0.947 bits per heavy atom. The topological polar surface area (TPSA) is 33.1 Å². The van der Waals surface area contributed by atoms with Crippen LogP contribution < -0.4 is 0 Å². The van der Waals surface area contributed by atoms with E-state index in [0.29, 0.717) is 0 Å². The maximum Gasteiger partial charge on any atom is 0.106 e. The molecule has 1 heterocycles. The number of nitrogens with zero attached hydrogens (tertiary/aromatic N) is 1. The predicted molar refractivity (Wildman–Crippen MR) is 77.0 cm³/mol. The molecule has 1 aromatic heterocycles. The smallest absolute Gasteiger partial charge is 0.106 e. The lowest BCUT2D eigenvalue weighted by atomic mass is 9.95. The fraction of sp³-hybridized carbons (Fsp3) is 0.118. The van der Waals surface area contributed by atoms with Gasteiger partial charge in [-0.3, -0.25) is 4.98 Å². The first-order chi connectivity index (χ1) is 9.27. The molecule has 0 aliphatic carbocycles. The number of aryl methyl sites for hydroxylation is 1. The van der Waals surface area contributed by atoms with Gasteiger partial charge in [-0.05, 0) is 34.9 Å². The highest BCUT2D eigenvalue weighted by atomic mass is 16.3. The molecule has 1 unspecified atom stereocenters. The Kier molecular flexibility index (Phi) is 3.02. The summed E-state index contributed by atoms with van der Waals surface area (Å²) in [5.74, 6) is 0. The molecule has 3 rings (SSSR count). The summed E-state index contributed by atoms with van der Waals surface area (Å²) in [5, 5.41) is 12.9. The van der Waals surface area contributed by atoms with Crippen LogP contribution in [0.5, 0.6) is 0 Å². The van der Waals surface area contributed by atoms with Crippen molar-refractivity contribution >= 4 is 10.8 Å². The first-order valence-corrected chi connectivity index (χ1v) is 6.33. The maximum atomic E-state index is 10.6. The second kappa shape index (κ2) is 4.82. The van der Waals surface area contributed by atoms with Crippen molar-refractivity contribution in [3.63, 3.8) is 0 Å². The molecular weight excluding hydrogens is 234 g/mol. The lowest BCUT2D eigenvalue weighted by Gasteiger charge is -2.15. The molecule has 0 aliphatic rings. The van der Waals surface area contributed by atoms with E-state index in [2.05, 4.69) is 17.1 Å². The largest absolute Gasteiger partial charge is 0.384 e. The third-order valence-corrected chi connectivity index (χ3v) is 3.49. The zero-order chi connectivity index (χ0) is 13.2. The van der Waals surface area contributed by atoms with Crippen LogP contribution in [0, 0.1) is 6.92 Å². The molecule has 2 nitrogen and oxygen atoms in total. The molecule has 2 aromatic carbocycles. The van der Waals surface area contributed by atoms with Gasteiger partial charge >= 0.3 is 0 Å². The van der Waals surface area contributed by atoms with Gasteiger partial charge in [-0.2, -0.15) is 0 Å². The number of benzene rings is 2. The van der Waals surface area contributed by atoms with Gasteiger partial charge in [0.2, 0.25) is 0 Å². The van der Waals surface area contributed by atoms with Crippen molar-refractivity contribution in [1.29, 1.82) is 0 Å². The zero-order valence-corrected chi connectivity index (χ0v) is 10.7. The summed E-state index contributed by atoms with van der Waals surface area (Å²) in [4.78, 5) is 4.11. The average Bonchev–Trinajstić information content (AvgIpc) is 2.46. The molecule has 0 saturated heterocycles. The van der Waals surface area contributed by atoms with Gasteiger partial charge in [-0.15, -0.1) is 0 Å². The van der Waals surface area contributed by atoms with Crippen LogP contribution >= 0.6 is 0 Å². The number of aliphatic hydroxyl groups is 1. The molecule has 0 fully saturated rings. The van der Waals surface area contributed by atoms with Gasteiger partial charge in [0, 0.05) is 18.0 Å². The summed E-state index contributed by atoms with van der Waals surface area (Å²) < 4.78 is 0. The minimum Gasteiger partial charge on any atom is -0.384 e. The molecular formula is C17H15NO. The van der Waals surface area contributed by atoms with Crippen LogP contribution in [0.4, 0.5) is 0 Å². The Morgan fingerprint density at radius 3 is 2.58 bits per heavy atom. The Bertz CT molecular complexity index is 716. The Balaban J connectivity index is 2.17. The van der Waals surface area contributed by atoms with E-state index in [1.165, 1.54) is 0 Å². The molecule has 0 spiro atoms. The Morgan fingerprint density at radius 2 is 1.74 bits per heavy atom. The van der Waals surface area contributed by atoms with Gasteiger partial charge < -0.3 is 5.11 Å². The van der Waals surface area contributed by atoms with E-state index in [0.717, 1.165) is 27.5 Å². The van der Waals surface area contributed by atoms with E-state index in [4.69, 9.17) is 0 Å². The van der Waals surface area contributed by atoms with Crippen LogP contribution in [0.1, 0.15) is 22.8 Å². The highest BCUT2D eigenvalue weighted by Crippen LogP contribution is 2.29. The molecule has 94 valence electrons. The molecule has 1 atom stereocenters. The van der Waals surface area contributed by atoms with Gasteiger partial charge in [0.25, 0.3) is 0 Å². The van der Waals surface area contributed by atoms with Crippen LogP contribution in [0.15, 0.2) is 60.9 Å². The SMILES string of the molecule is Cc1ccncc1C(O)c1cccc2ccccc12.